The number of aliphatic hydroxyl groups is 1. The molecule has 0 radical (unpaired) electrons. The van der Waals surface area contributed by atoms with E-state index in [-0.39, 0.29) is 25.4 Å². The quantitative estimate of drug-likeness (QED) is 0.280. The first kappa shape index (κ1) is 28.9. The molecule has 0 spiro atoms. The molecule has 1 heterocycles. The number of hydrogen-bond acceptors (Lipinski definition) is 9. The van der Waals surface area contributed by atoms with Gasteiger partial charge >= 0.3 is 5.97 Å². The molecule has 1 fully saturated rings. The van der Waals surface area contributed by atoms with Crippen LogP contribution in [0.2, 0.25) is 0 Å². The van der Waals surface area contributed by atoms with Gasteiger partial charge in [-0.25, -0.2) is 4.79 Å². The van der Waals surface area contributed by atoms with Crippen molar-refractivity contribution >= 4 is 16.1 Å². The summed E-state index contributed by atoms with van der Waals surface area (Å²) in [6, 6.07) is 26.8. The molecule has 5 atom stereocenters. The third kappa shape index (κ3) is 7.95. The van der Waals surface area contributed by atoms with Crippen LogP contribution in [0.15, 0.2) is 91.0 Å². The second-order valence-corrected chi connectivity index (χ2v) is 11.1. The van der Waals surface area contributed by atoms with Gasteiger partial charge in [0.15, 0.2) is 12.4 Å². The minimum absolute atomic E-state index is 0.0657. The second-order valence-electron chi connectivity index (χ2n) is 9.47. The lowest BCUT2D eigenvalue weighted by atomic mass is 9.86. The first-order valence-corrected chi connectivity index (χ1v) is 14.2. The molecule has 1 aliphatic rings. The molecule has 0 amide bonds. The van der Waals surface area contributed by atoms with E-state index in [1.807, 2.05) is 60.7 Å². The Labute approximate surface area is 228 Å². The van der Waals surface area contributed by atoms with E-state index >= 15 is 0 Å². The van der Waals surface area contributed by atoms with Crippen LogP contribution < -0.4 is 0 Å². The zero-order valence-electron chi connectivity index (χ0n) is 21.7. The summed E-state index contributed by atoms with van der Waals surface area (Å²) in [7, 11) is -4.11. The Balaban J connectivity index is 1.61. The van der Waals surface area contributed by atoms with Crippen LogP contribution in [0.4, 0.5) is 0 Å². The number of hydrogen-bond donors (Lipinski definition) is 1. The molecule has 4 rings (SSSR count). The van der Waals surface area contributed by atoms with Gasteiger partial charge in [0.25, 0.3) is 10.1 Å². The fraction of sp³-hybridized carbons (Fsp3) is 0.345. The number of carbonyl (C=O) groups excluding carboxylic acids is 1. The first-order valence-electron chi connectivity index (χ1n) is 12.4. The molecule has 1 aliphatic heterocycles. The minimum atomic E-state index is -4.11. The van der Waals surface area contributed by atoms with Crippen LogP contribution in [0, 0.1) is 0 Å². The monoisotopic (exact) mass is 556 g/mol. The fourth-order valence-corrected chi connectivity index (χ4v) is 4.89. The molecule has 1 N–H and O–H groups in total. The maximum absolute atomic E-state index is 13.0. The Morgan fingerprint density at radius 2 is 1.44 bits per heavy atom. The highest BCUT2D eigenvalue weighted by Gasteiger charge is 2.57. The SMILES string of the molecule is C[C@]1(O)[C@H](OS(C)(=O)=O)[C@@H](OC(=O)c2ccccc2)[C@@H](OCc2ccccc2)O[C@@H]1COCc1ccccc1. The second kappa shape index (κ2) is 12.8. The third-order valence-electron chi connectivity index (χ3n) is 6.26. The highest BCUT2D eigenvalue weighted by molar-refractivity contribution is 7.86. The third-order valence-corrected chi connectivity index (χ3v) is 6.82. The smallest absolute Gasteiger partial charge is 0.338 e. The maximum Gasteiger partial charge on any atom is 0.338 e. The van der Waals surface area contributed by atoms with E-state index in [2.05, 4.69) is 0 Å². The molecule has 208 valence electrons. The van der Waals surface area contributed by atoms with E-state index in [4.69, 9.17) is 23.1 Å². The first-order chi connectivity index (χ1) is 18.6. The van der Waals surface area contributed by atoms with Crippen molar-refractivity contribution in [2.24, 2.45) is 0 Å². The van der Waals surface area contributed by atoms with Crippen molar-refractivity contribution < 1.29 is 41.4 Å². The van der Waals surface area contributed by atoms with Gasteiger partial charge in [-0.3, -0.25) is 4.18 Å². The van der Waals surface area contributed by atoms with E-state index in [1.165, 1.54) is 6.92 Å². The van der Waals surface area contributed by atoms with E-state index in [0.717, 1.165) is 17.4 Å². The van der Waals surface area contributed by atoms with Gasteiger partial charge in [-0.2, -0.15) is 8.42 Å². The lowest BCUT2D eigenvalue weighted by molar-refractivity contribution is -0.326. The molecule has 10 heteroatoms. The molecule has 3 aromatic rings. The molecule has 0 saturated carbocycles. The van der Waals surface area contributed by atoms with Crippen LogP contribution in [0.25, 0.3) is 0 Å². The van der Waals surface area contributed by atoms with E-state index in [0.29, 0.717) is 0 Å². The molecular weight excluding hydrogens is 524 g/mol. The van der Waals surface area contributed by atoms with Crippen LogP contribution in [0.3, 0.4) is 0 Å². The van der Waals surface area contributed by atoms with Crippen LogP contribution in [-0.4, -0.2) is 62.6 Å². The number of benzene rings is 3. The largest absolute Gasteiger partial charge is 0.450 e. The van der Waals surface area contributed by atoms with E-state index in [9.17, 15) is 18.3 Å². The van der Waals surface area contributed by atoms with Crippen molar-refractivity contribution in [2.75, 3.05) is 12.9 Å². The van der Waals surface area contributed by atoms with Crippen molar-refractivity contribution in [3.05, 3.63) is 108 Å². The fourth-order valence-electron chi connectivity index (χ4n) is 4.21. The van der Waals surface area contributed by atoms with Crippen molar-refractivity contribution in [3.8, 4) is 0 Å². The van der Waals surface area contributed by atoms with Crippen molar-refractivity contribution in [1.29, 1.82) is 0 Å². The Bertz CT molecular complexity index is 1300. The summed E-state index contributed by atoms with van der Waals surface area (Å²) in [5.41, 5.74) is -0.00795. The molecule has 0 unspecified atom stereocenters. The van der Waals surface area contributed by atoms with Gasteiger partial charge in [0.05, 0.1) is 31.6 Å². The van der Waals surface area contributed by atoms with Gasteiger partial charge in [0.1, 0.15) is 17.8 Å². The molecule has 3 aromatic carbocycles. The molecule has 1 saturated heterocycles. The predicted molar refractivity (Wildman–Crippen MR) is 142 cm³/mol. The summed E-state index contributed by atoms with van der Waals surface area (Å²) >= 11 is 0. The average Bonchev–Trinajstić information content (AvgIpc) is 2.92. The van der Waals surface area contributed by atoms with Crippen molar-refractivity contribution in [1.82, 2.24) is 0 Å². The van der Waals surface area contributed by atoms with E-state index < -0.39 is 46.3 Å². The lowest BCUT2D eigenvalue weighted by Crippen LogP contribution is -2.68. The van der Waals surface area contributed by atoms with Crippen LogP contribution in [0.1, 0.15) is 28.4 Å². The molecule has 9 nitrogen and oxygen atoms in total. The van der Waals surface area contributed by atoms with Gasteiger partial charge in [-0.05, 0) is 30.2 Å². The lowest BCUT2D eigenvalue weighted by Gasteiger charge is -2.48. The number of ether oxygens (including phenoxy) is 4. The van der Waals surface area contributed by atoms with Crippen LogP contribution >= 0.6 is 0 Å². The van der Waals surface area contributed by atoms with E-state index in [1.54, 1.807) is 30.3 Å². The van der Waals surface area contributed by atoms with Gasteiger partial charge in [0, 0.05) is 0 Å². The highest BCUT2D eigenvalue weighted by Crippen LogP contribution is 2.36. The number of rotatable bonds is 11. The average molecular weight is 557 g/mol. The van der Waals surface area contributed by atoms with Crippen LogP contribution in [-0.2, 0) is 46.5 Å². The summed E-state index contributed by atoms with van der Waals surface area (Å²) in [6.45, 7) is 1.54. The molecule has 0 aliphatic carbocycles. The zero-order valence-corrected chi connectivity index (χ0v) is 22.5. The van der Waals surface area contributed by atoms with Gasteiger partial charge in [-0.15, -0.1) is 0 Å². The Morgan fingerprint density at radius 3 is 2.00 bits per heavy atom. The Morgan fingerprint density at radius 1 is 0.897 bits per heavy atom. The van der Waals surface area contributed by atoms with Crippen molar-refractivity contribution in [2.45, 2.75) is 50.3 Å². The molecule has 0 aromatic heterocycles. The van der Waals surface area contributed by atoms with Crippen LogP contribution in [0.5, 0.6) is 0 Å². The highest BCUT2D eigenvalue weighted by atomic mass is 32.2. The molecular formula is C29H32O9S. The number of esters is 1. The molecule has 39 heavy (non-hydrogen) atoms. The molecule has 0 bridgehead atoms. The van der Waals surface area contributed by atoms with Gasteiger partial charge in [0.2, 0.25) is 0 Å². The zero-order chi connectivity index (χ0) is 27.9. The predicted octanol–water partition coefficient (Wildman–Crippen LogP) is 3.47. The summed E-state index contributed by atoms with van der Waals surface area (Å²) < 4.78 is 53.6. The minimum Gasteiger partial charge on any atom is -0.450 e. The summed E-state index contributed by atoms with van der Waals surface area (Å²) in [4.78, 5) is 13.0. The Kier molecular flexibility index (Phi) is 9.49. The normalized spacial score (nSPS) is 25.2. The summed E-state index contributed by atoms with van der Waals surface area (Å²) in [5.74, 6) is -0.755. The topological polar surface area (TPSA) is 118 Å². The Hall–Kier alpha value is -3.12. The number of carbonyl (C=O) groups is 1. The standard InChI is InChI=1S/C29H32O9S/c1-29(31)24(20-34-18-21-12-6-3-7-13-21)36-28(35-19-22-14-8-4-9-15-22)25(26(29)38-39(2,32)33)37-27(30)23-16-10-5-11-17-23/h3-17,24-26,28,31H,18-20H2,1-2H3/t24-,25-,26-,28+,29-/m1/s1. The van der Waals surface area contributed by atoms with Crippen molar-refractivity contribution in [3.63, 3.8) is 0 Å². The summed E-state index contributed by atoms with van der Waals surface area (Å²) in [6.07, 6.45) is -4.50. The summed E-state index contributed by atoms with van der Waals surface area (Å²) in [5, 5.41) is 11.6. The maximum atomic E-state index is 13.0. The van der Waals surface area contributed by atoms with Gasteiger partial charge < -0.3 is 24.1 Å². The van der Waals surface area contributed by atoms with Gasteiger partial charge in [-0.1, -0.05) is 78.9 Å².